The van der Waals surface area contributed by atoms with Crippen molar-refractivity contribution in [3.05, 3.63) is 0 Å². The molecule has 1 aromatic rings. The molecule has 0 aromatic carbocycles. The van der Waals surface area contributed by atoms with E-state index >= 15 is 0 Å². The number of anilines is 3. The zero-order valence-corrected chi connectivity index (χ0v) is 6.96. The first-order chi connectivity index (χ1) is 6.76. The van der Waals surface area contributed by atoms with E-state index in [4.69, 9.17) is 11.5 Å². The van der Waals surface area contributed by atoms with E-state index in [9.17, 15) is 17.6 Å². The Balaban J connectivity index is 2.41. The maximum absolute atomic E-state index is 12.5. The van der Waals surface area contributed by atoms with Crippen LogP contribution in [0.4, 0.5) is 35.4 Å². The number of hydrogen-bond donors (Lipinski definition) is 2. The molecule has 1 aromatic heterocycles. The molecule has 6 nitrogen and oxygen atoms in total. The SMILES string of the molecule is Nc1nc(N)nc(N2C(F)(F)C2(F)F)n1. The Bertz CT molecular complexity index is 386. The fraction of sp³-hybridized carbons (Fsp3) is 0.400. The molecular weight excluding hydrogens is 220 g/mol. The van der Waals surface area contributed by atoms with Gasteiger partial charge in [0.25, 0.3) is 0 Å². The molecule has 0 saturated carbocycles. The lowest BCUT2D eigenvalue weighted by atomic mass is 10.8. The molecule has 0 amide bonds. The van der Waals surface area contributed by atoms with Crippen molar-refractivity contribution in [3.8, 4) is 0 Å². The van der Waals surface area contributed by atoms with Crippen molar-refractivity contribution in [2.24, 2.45) is 0 Å². The molecule has 0 unspecified atom stereocenters. The average molecular weight is 224 g/mol. The quantitative estimate of drug-likeness (QED) is 0.397. The highest BCUT2D eigenvalue weighted by Crippen LogP contribution is 2.57. The van der Waals surface area contributed by atoms with Gasteiger partial charge in [-0.25, -0.2) is 4.90 Å². The van der Waals surface area contributed by atoms with Crippen LogP contribution in [0.1, 0.15) is 0 Å². The predicted octanol–water partition coefficient (Wildman–Crippen LogP) is 0.0416. The largest absolute Gasteiger partial charge is 0.416 e. The van der Waals surface area contributed by atoms with Gasteiger partial charge in [0.1, 0.15) is 0 Å². The zero-order valence-electron chi connectivity index (χ0n) is 6.96. The van der Waals surface area contributed by atoms with Crippen molar-refractivity contribution >= 4 is 17.8 Å². The summed E-state index contributed by atoms with van der Waals surface area (Å²) in [4.78, 5) is 8.93. The molecule has 4 N–H and O–H groups in total. The lowest BCUT2D eigenvalue weighted by Gasteiger charge is -2.01. The van der Waals surface area contributed by atoms with Gasteiger partial charge in [-0.1, -0.05) is 0 Å². The number of nitrogens with two attached hydrogens (primary N) is 2. The van der Waals surface area contributed by atoms with Crippen molar-refractivity contribution in [1.29, 1.82) is 0 Å². The van der Waals surface area contributed by atoms with Gasteiger partial charge in [-0.3, -0.25) is 0 Å². The van der Waals surface area contributed by atoms with Crippen LogP contribution in [0.5, 0.6) is 0 Å². The van der Waals surface area contributed by atoms with Crippen LogP contribution in [0.15, 0.2) is 0 Å². The highest BCUT2D eigenvalue weighted by molar-refractivity contribution is 5.51. The lowest BCUT2D eigenvalue weighted by molar-refractivity contribution is -0.0278. The summed E-state index contributed by atoms with van der Waals surface area (Å²) in [6, 6.07) is -8.62. The van der Waals surface area contributed by atoms with Crippen molar-refractivity contribution in [3.63, 3.8) is 0 Å². The molecule has 0 atom stereocenters. The Labute approximate surface area is 79.9 Å². The fourth-order valence-corrected chi connectivity index (χ4v) is 1.01. The highest BCUT2D eigenvalue weighted by Gasteiger charge is 2.86. The minimum atomic E-state index is -4.31. The van der Waals surface area contributed by atoms with Gasteiger partial charge >= 0.3 is 12.1 Å². The third kappa shape index (κ3) is 1.13. The summed E-state index contributed by atoms with van der Waals surface area (Å²) in [6.07, 6.45) is 0. The third-order valence-electron chi connectivity index (χ3n) is 1.73. The second-order valence-electron chi connectivity index (χ2n) is 2.77. The predicted molar refractivity (Wildman–Crippen MR) is 41.0 cm³/mol. The van der Waals surface area contributed by atoms with E-state index in [2.05, 4.69) is 15.0 Å². The Morgan fingerprint density at radius 2 is 1.27 bits per heavy atom. The normalized spacial score (nSPS) is 21.5. The fourth-order valence-electron chi connectivity index (χ4n) is 1.01. The van der Waals surface area contributed by atoms with Crippen LogP contribution in [0.2, 0.25) is 0 Å². The van der Waals surface area contributed by atoms with Gasteiger partial charge in [0.2, 0.25) is 17.8 Å². The molecular formula is C5H4F4N6. The highest BCUT2D eigenvalue weighted by atomic mass is 19.3. The summed E-state index contributed by atoms with van der Waals surface area (Å²) in [7, 11) is 0. The monoisotopic (exact) mass is 224 g/mol. The van der Waals surface area contributed by atoms with E-state index in [1.807, 2.05) is 0 Å². The first kappa shape index (κ1) is 9.68. The molecule has 1 saturated heterocycles. The van der Waals surface area contributed by atoms with Gasteiger partial charge in [-0.2, -0.15) is 32.5 Å². The van der Waals surface area contributed by atoms with Crippen LogP contribution in [0.25, 0.3) is 0 Å². The Morgan fingerprint density at radius 3 is 1.60 bits per heavy atom. The maximum Gasteiger partial charge on any atom is 0.416 e. The molecule has 0 radical (unpaired) electrons. The zero-order chi connectivity index (χ0) is 11.4. The van der Waals surface area contributed by atoms with Crippen molar-refractivity contribution in [2.45, 2.75) is 12.1 Å². The number of alkyl halides is 4. The number of hydrogen-bond acceptors (Lipinski definition) is 6. The van der Waals surface area contributed by atoms with Gasteiger partial charge in [0.05, 0.1) is 0 Å². The molecule has 2 heterocycles. The minimum absolute atomic E-state index is 0.504. The summed E-state index contributed by atoms with van der Waals surface area (Å²) in [5.41, 5.74) is 10.1. The van der Waals surface area contributed by atoms with E-state index in [1.165, 1.54) is 0 Å². The Hall–Kier alpha value is -1.87. The van der Waals surface area contributed by atoms with Crippen LogP contribution >= 0.6 is 0 Å². The maximum atomic E-state index is 12.5. The summed E-state index contributed by atoms with van der Waals surface area (Å²) < 4.78 is 50.1. The molecule has 10 heteroatoms. The van der Waals surface area contributed by atoms with Crippen LogP contribution in [0.3, 0.4) is 0 Å². The number of nitrogens with zero attached hydrogens (tertiary/aromatic N) is 4. The van der Waals surface area contributed by atoms with Gasteiger partial charge in [-0.05, 0) is 0 Å². The molecule has 0 bridgehead atoms. The van der Waals surface area contributed by atoms with E-state index < -0.39 is 34.8 Å². The first-order valence-electron chi connectivity index (χ1n) is 3.60. The molecule has 0 spiro atoms. The molecule has 1 aliphatic heterocycles. The molecule has 1 aliphatic rings. The van der Waals surface area contributed by atoms with Crippen LogP contribution in [0, 0.1) is 0 Å². The molecule has 2 rings (SSSR count). The van der Waals surface area contributed by atoms with Gasteiger partial charge in [0, 0.05) is 0 Å². The van der Waals surface area contributed by atoms with E-state index in [0.29, 0.717) is 0 Å². The minimum Gasteiger partial charge on any atom is -0.368 e. The summed E-state index contributed by atoms with van der Waals surface area (Å²) in [5, 5.41) is 0. The number of halogens is 4. The summed E-state index contributed by atoms with van der Waals surface area (Å²) in [5.74, 6) is -1.96. The van der Waals surface area contributed by atoms with E-state index in [0.717, 1.165) is 0 Å². The van der Waals surface area contributed by atoms with E-state index in [1.54, 1.807) is 0 Å². The topological polar surface area (TPSA) is 93.7 Å². The van der Waals surface area contributed by atoms with Crippen LogP contribution < -0.4 is 16.4 Å². The standard InChI is InChI=1S/C5H4F4N6/c6-4(7)5(8,9)15(4)3-13-1(10)12-2(11)14-3/h(H4,10,11,12,13,14). The smallest absolute Gasteiger partial charge is 0.368 e. The summed E-state index contributed by atoms with van der Waals surface area (Å²) in [6.45, 7) is 0. The van der Waals surface area contributed by atoms with Crippen molar-refractivity contribution in [2.75, 3.05) is 16.4 Å². The van der Waals surface area contributed by atoms with Gasteiger partial charge in [0.15, 0.2) is 0 Å². The average Bonchev–Trinajstić information content (AvgIpc) is 2.39. The Kier molecular flexibility index (Phi) is 1.53. The third-order valence-corrected chi connectivity index (χ3v) is 1.73. The number of nitrogen functional groups attached to an aromatic ring is 2. The van der Waals surface area contributed by atoms with Crippen molar-refractivity contribution in [1.82, 2.24) is 15.0 Å². The van der Waals surface area contributed by atoms with Crippen LogP contribution in [-0.2, 0) is 0 Å². The van der Waals surface area contributed by atoms with Crippen molar-refractivity contribution < 1.29 is 17.6 Å². The van der Waals surface area contributed by atoms with Gasteiger partial charge < -0.3 is 11.5 Å². The lowest BCUT2D eigenvalue weighted by Crippen LogP contribution is -2.12. The molecule has 0 aliphatic carbocycles. The van der Waals surface area contributed by atoms with Crippen LogP contribution in [-0.4, -0.2) is 27.0 Å². The Morgan fingerprint density at radius 1 is 0.867 bits per heavy atom. The number of aromatic nitrogens is 3. The number of rotatable bonds is 1. The van der Waals surface area contributed by atoms with E-state index in [-0.39, 0.29) is 0 Å². The second kappa shape index (κ2) is 2.38. The molecule has 1 fully saturated rings. The summed E-state index contributed by atoms with van der Waals surface area (Å²) >= 11 is 0. The van der Waals surface area contributed by atoms with Gasteiger partial charge in [-0.15, -0.1) is 0 Å². The molecule has 82 valence electrons. The first-order valence-corrected chi connectivity index (χ1v) is 3.60. The second-order valence-corrected chi connectivity index (χ2v) is 2.77. The molecule has 15 heavy (non-hydrogen) atoms.